The first kappa shape index (κ1) is 18.3. The monoisotopic (exact) mass is 320 g/mol. The van der Waals surface area contributed by atoms with E-state index < -0.39 is 48.6 Å². The number of aliphatic hydroxyl groups excluding tert-OH is 1. The second-order valence-corrected chi connectivity index (χ2v) is 4.72. The highest BCUT2D eigenvalue weighted by Crippen LogP contribution is 2.27. The molecule has 0 spiro atoms. The molecule has 0 amide bonds. The molecule has 1 heterocycles. The quantitative estimate of drug-likeness (QED) is 0.510. The van der Waals surface area contributed by atoms with E-state index >= 15 is 0 Å². The van der Waals surface area contributed by atoms with E-state index in [1.807, 2.05) is 0 Å². The molecule has 0 aromatic rings. The van der Waals surface area contributed by atoms with Crippen LogP contribution in [0.25, 0.3) is 0 Å². The lowest BCUT2D eigenvalue weighted by Gasteiger charge is -2.42. The Hall–Kier alpha value is -1.71. The Labute approximate surface area is 127 Å². The van der Waals surface area contributed by atoms with E-state index in [1.54, 1.807) is 0 Å². The zero-order valence-corrected chi connectivity index (χ0v) is 12.8. The van der Waals surface area contributed by atoms with Crippen LogP contribution < -0.4 is 0 Å². The normalized spacial score (nSPS) is 31.2. The van der Waals surface area contributed by atoms with Crippen LogP contribution in [0.4, 0.5) is 0 Å². The van der Waals surface area contributed by atoms with Gasteiger partial charge < -0.3 is 28.8 Å². The topological polar surface area (TPSA) is 118 Å². The molecule has 22 heavy (non-hydrogen) atoms. The van der Waals surface area contributed by atoms with Crippen molar-refractivity contribution in [3.05, 3.63) is 0 Å². The molecule has 0 aliphatic carbocycles. The van der Waals surface area contributed by atoms with E-state index in [9.17, 15) is 19.5 Å². The van der Waals surface area contributed by atoms with Crippen molar-refractivity contribution < 1.29 is 43.2 Å². The molecule has 1 aliphatic heterocycles. The van der Waals surface area contributed by atoms with Gasteiger partial charge in [-0.15, -0.1) is 0 Å². The SMILES string of the molecule is COC1OC(COC(C)=O)C(OC(C)=O)C(O)C1OC(C)=O. The van der Waals surface area contributed by atoms with Crippen LogP contribution in [-0.2, 0) is 38.1 Å². The fourth-order valence-corrected chi connectivity index (χ4v) is 2.07. The maximum atomic E-state index is 11.2. The molecule has 5 unspecified atom stereocenters. The molecule has 0 bridgehead atoms. The summed E-state index contributed by atoms with van der Waals surface area (Å²) >= 11 is 0. The standard InChI is InChI=1S/C13H20O9/c1-6(14)19-5-9-11(20-7(2)15)10(17)12(21-8(3)16)13(18-4)22-9/h9-13,17H,5H2,1-4H3. The Morgan fingerprint density at radius 1 is 1.00 bits per heavy atom. The van der Waals surface area contributed by atoms with Crippen LogP contribution in [0.1, 0.15) is 20.8 Å². The van der Waals surface area contributed by atoms with Gasteiger partial charge in [0.05, 0.1) is 0 Å². The largest absolute Gasteiger partial charge is 0.463 e. The van der Waals surface area contributed by atoms with Crippen molar-refractivity contribution in [1.82, 2.24) is 0 Å². The Bertz CT molecular complexity index is 420. The number of carbonyl (C=O) groups is 3. The maximum Gasteiger partial charge on any atom is 0.303 e. The van der Waals surface area contributed by atoms with Crippen LogP contribution in [0.2, 0.25) is 0 Å². The second-order valence-electron chi connectivity index (χ2n) is 4.72. The first-order chi connectivity index (χ1) is 10.3. The number of carbonyl (C=O) groups excluding carboxylic acids is 3. The van der Waals surface area contributed by atoms with Gasteiger partial charge in [-0.05, 0) is 0 Å². The Balaban J connectivity index is 2.94. The molecule has 126 valence electrons. The van der Waals surface area contributed by atoms with Gasteiger partial charge in [-0.3, -0.25) is 14.4 Å². The molecule has 0 aromatic carbocycles. The molecule has 9 nitrogen and oxygen atoms in total. The fraction of sp³-hybridized carbons (Fsp3) is 0.769. The minimum Gasteiger partial charge on any atom is -0.463 e. The van der Waals surface area contributed by atoms with Crippen molar-refractivity contribution in [3.8, 4) is 0 Å². The summed E-state index contributed by atoms with van der Waals surface area (Å²) in [6.45, 7) is 3.26. The van der Waals surface area contributed by atoms with Crippen molar-refractivity contribution >= 4 is 17.9 Å². The zero-order chi connectivity index (χ0) is 16.9. The van der Waals surface area contributed by atoms with Crippen molar-refractivity contribution in [2.24, 2.45) is 0 Å². The number of rotatable bonds is 5. The van der Waals surface area contributed by atoms with E-state index in [2.05, 4.69) is 0 Å². The van der Waals surface area contributed by atoms with Gasteiger partial charge in [-0.25, -0.2) is 0 Å². The number of hydrogen-bond donors (Lipinski definition) is 1. The molecule has 1 aliphatic rings. The van der Waals surface area contributed by atoms with Gasteiger partial charge in [-0.1, -0.05) is 0 Å². The first-order valence-corrected chi connectivity index (χ1v) is 6.60. The number of esters is 3. The highest BCUT2D eigenvalue weighted by molar-refractivity contribution is 5.67. The summed E-state index contributed by atoms with van der Waals surface area (Å²) in [5.41, 5.74) is 0. The zero-order valence-electron chi connectivity index (χ0n) is 12.8. The Kier molecular flexibility index (Phi) is 6.72. The molecule has 9 heteroatoms. The number of ether oxygens (including phenoxy) is 5. The minimum atomic E-state index is -1.40. The Morgan fingerprint density at radius 3 is 2.00 bits per heavy atom. The van der Waals surface area contributed by atoms with Gasteiger partial charge in [0.15, 0.2) is 18.5 Å². The summed E-state index contributed by atoms with van der Waals surface area (Å²) in [4.78, 5) is 33.2. The molecule has 1 rings (SSSR count). The highest BCUT2D eigenvalue weighted by atomic mass is 16.7. The van der Waals surface area contributed by atoms with E-state index in [1.165, 1.54) is 14.0 Å². The second kappa shape index (κ2) is 8.06. The van der Waals surface area contributed by atoms with Gasteiger partial charge in [-0.2, -0.15) is 0 Å². The number of hydrogen-bond acceptors (Lipinski definition) is 9. The van der Waals surface area contributed by atoms with E-state index in [0.717, 1.165) is 13.8 Å². The van der Waals surface area contributed by atoms with E-state index in [4.69, 9.17) is 23.7 Å². The average molecular weight is 320 g/mol. The fourth-order valence-electron chi connectivity index (χ4n) is 2.07. The summed E-state index contributed by atoms with van der Waals surface area (Å²) < 4.78 is 25.3. The van der Waals surface area contributed by atoms with Gasteiger partial charge in [0.1, 0.15) is 18.8 Å². The first-order valence-electron chi connectivity index (χ1n) is 6.60. The predicted octanol–water partition coefficient (Wildman–Crippen LogP) is -0.855. The maximum absolute atomic E-state index is 11.2. The summed E-state index contributed by atoms with van der Waals surface area (Å²) in [6.07, 6.45) is -5.80. The minimum absolute atomic E-state index is 0.253. The van der Waals surface area contributed by atoms with Gasteiger partial charge >= 0.3 is 17.9 Å². The third-order valence-electron chi connectivity index (χ3n) is 2.90. The molecule has 0 saturated carbocycles. The van der Waals surface area contributed by atoms with Crippen molar-refractivity contribution in [1.29, 1.82) is 0 Å². The molecule has 5 atom stereocenters. The number of aliphatic hydroxyl groups is 1. The van der Waals surface area contributed by atoms with Crippen molar-refractivity contribution in [3.63, 3.8) is 0 Å². The molecule has 1 saturated heterocycles. The lowest BCUT2D eigenvalue weighted by atomic mass is 9.98. The molecule has 1 N–H and O–H groups in total. The summed E-state index contributed by atoms with van der Waals surface area (Å²) in [5.74, 6) is -1.89. The van der Waals surface area contributed by atoms with Crippen molar-refractivity contribution in [2.45, 2.75) is 51.5 Å². The lowest BCUT2D eigenvalue weighted by Crippen LogP contribution is -2.61. The lowest BCUT2D eigenvalue weighted by molar-refractivity contribution is -0.300. The smallest absolute Gasteiger partial charge is 0.303 e. The van der Waals surface area contributed by atoms with E-state index in [-0.39, 0.29) is 6.61 Å². The predicted molar refractivity (Wildman–Crippen MR) is 69.4 cm³/mol. The van der Waals surface area contributed by atoms with Crippen LogP contribution in [0.3, 0.4) is 0 Å². The third-order valence-corrected chi connectivity index (χ3v) is 2.90. The van der Waals surface area contributed by atoms with Crippen molar-refractivity contribution in [2.75, 3.05) is 13.7 Å². The molecule has 0 aromatic heterocycles. The van der Waals surface area contributed by atoms with Gasteiger partial charge in [0.25, 0.3) is 0 Å². The third kappa shape index (κ3) is 4.93. The van der Waals surface area contributed by atoms with Gasteiger partial charge in [0.2, 0.25) is 0 Å². The van der Waals surface area contributed by atoms with Crippen LogP contribution in [0.5, 0.6) is 0 Å². The molecular weight excluding hydrogens is 300 g/mol. The van der Waals surface area contributed by atoms with Crippen LogP contribution >= 0.6 is 0 Å². The Morgan fingerprint density at radius 2 is 1.55 bits per heavy atom. The van der Waals surface area contributed by atoms with Gasteiger partial charge in [0, 0.05) is 27.9 Å². The molecule has 0 radical (unpaired) electrons. The van der Waals surface area contributed by atoms with Crippen LogP contribution in [0, 0.1) is 0 Å². The number of methoxy groups -OCH3 is 1. The van der Waals surface area contributed by atoms with Crippen LogP contribution in [-0.4, -0.2) is 67.4 Å². The van der Waals surface area contributed by atoms with E-state index in [0.29, 0.717) is 0 Å². The van der Waals surface area contributed by atoms with Crippen LogP contribution in [0.15, 0.2) is 0 Å². The molecule has 1 fully saturated rings. The summed E-state index contributed by atoms with van der Waals surface area (Å²) in [5, 5.41) is 10.3. The summed E-state index contributed by atoms with van der Waals surface area (Å²) in [6, 6.07) is 0. The average Bonchev–Trinajstić information content (AvgIpc) is 2.41. The highest BCUT2D eigenvalue weighted by Gasteiger charge is 2.49. The summed E-state index contributed by atoms with van der Waals surface area (Å²) in [7, 11) is 1.29. The molecular formula is C13H20O9.